The third kappa shape index (κ3) is 2.98. The number of hydrogen-bond acceptors (Lipinski definition) is 5. The molecule has 1 aromatic heterocycles. The van der Waals surface area contributed by atoms with Crippen LogP contribution >= 0.6 is 22.9 Å². The van der Waals surface area contributed by atoms with Gasteiger partial charge in [-0.1, -0.05) is 17.7 Å². The molecule has 1 aliphatic rings. The summed E-state index contributed by atoms with van der Waals surface area (Å²) in [6.07, 6.45) is 2.48. The van der Waals surface area contributed by atoms with Crippen LogP contribution in [0.4, 0.5) is 5.69 Å². The van der Waals surface area contributed by atoms with E-state index in [9.17, 15) is 10.1 Å². The summed E-state index contributed by atoms with van der Waals surface area (Å²) >= 11 is 7.36. The summed E-state index contributed by atoms with van der Waals surface area (Å²) in [5.41, 5.74) is 1.38. The highest BCUT2D eigenvalue weighted by Gasteiger charge is 2.20. The van der Waals surface area contributed by atoms with Crippen molar-refractivity contribution in [3.05, 3.63) is 43.7 Å². The zero-order chi connectivity index (χ0) is 14.1. The van der Waals surface area contributed by atoms with Crippen molar-refractivity contribution in [3.63, 3.8) is 0 Å². The van der Waals surface area contributed by atoms with E-state index in [0.717, 1.165) is 22.8 Å². The summed E-state index contributed by atoms with van der Waals surface area (Å²) in [4.78, 5) is 14.9. The van der Waals surface area contributed by atoms with Crippen LogP contribution in [0, 0.1) is 10.1 Å². The summed E-state index contributed by atoms with van der Waals surface area (Å²) < 4.78 is 0. The Kier molecular flexibility index (Phi) is 3.69. The van der Waals surface area contributed by atoms with Crippen LogP contribution in [0.25, 0.3) is 11.3 Å². The maximum atomic E-state index is 10.9. The minimum absolute atomic E-state index is 0.0881. The molecule has 1 aliphatic carbocycles. The molecule has 0 amide bonds. The van der Waals surface area contributed by atoms with E-state index in [1.807, 2.05) is 5.38 Å². The van der Waals surface area contributed by atoms with Crippen LogP contribution in [-0.4, -0.2) is 15.9 Å². The fourth-order valence-electron chi connectivity index (χ4n) is 1.86. The molecule has 3 rings (SSSR count). The van der Waals surface area contributed by atoms with E-state index in [4.69, 9.17) is 11.6 Å². The van der Waals surface area contributed by atoms with Gasteiger partial charge in [-0.3, -0.25) is 10.1 Å². The second kappa shape index (κ2) is 5.47. The lowest BCUT2D eigenvalue weighted by Crippen LogP contribution is -2.14. The highest BCUT2D eigenvalue weighted by molar-refractivity contribution is 7.09. The van der Waals surface area contributed by atoms with Crippen molar-refractivity contribution < 1.29 is 4.92 Å². The van der Waals surface area contributed by atoms with Crippen LogP contribution in [0.5, 0.6) is 0 Å². The number of nitro groups is 1. The van der Waals surface area contributed by atoms with Crippen LogP contribution in [0.15, 0.2) is 23.6 Å². The maximum Gasteiger partial charge on any atom is 0.288 e. The first kappa shape index (κ1) is 13.5. The zero-order valence-corrected chi connectivity index (χ0v) is 12.1. The average molecular weight is 310 g/mol. The molecule has 0 unspecified atom stereocenters. The number of hydrogen-bond donors (Lipinski definition) is 1. The molecular formula is C13H12ClN3O2S. The largest absolute Gasteiger partial charge is 0.308 e. The Labute approximate surface area is 124 Å². The molecule has 0 radical (unpaired) electrons. The lowest BCUT2D eigenvalue weighted by Gasteiger charge is -2.00. The van der Waals surface area contributed by atoms with Gasteiger partial charge in [0.1, 0.15) is 10.0 Å². The summed E-state index contributed by atoms with van der Waals surface area (Å²) in [6.45, 7) is 0.755. The van der Waals surface area contributed by atoms with E-state index >= 15 is 0 Å². The molecule has 20 heavy (non-hydrogen) atoms. The molecule has 1 aromatic carbocycles. The van der Waals surface area contributed by atoms with Gasteiger partial charge in [0.05, 0.1) is 10.6 Å². The summed E-state index contributed by atoms with van der Waals surface area (Å²) in [5.74, 6) is 0. The SMILES string of the molecule is O=[N+]([O-])c1cc(-c2csc(CNC3CC3)n2)ccc1Cl. The number of nitrogens with one attached hydrogen (secondary N) is 1. The number of rotatable bonds is 5. The minimum Gasteiger partial charge on any atom is -0.308 e. The number of nitrogens with zero attached hydrogens (tertiary/aromatic N) is 2. The summed E-state index contributed by atoms with van der Waals surface area (Å²) in [6, 6.07) is 5.40. The molecule has 0 aliphatic heterocycles. The minimum atomic E-state index is -0.478. The second-order valence-electron chi connectivity index (χ2n) is 4.70. The molecule has 0 saturated heterocycles. The summed E-state index contributed by atoms with van der Waals surface area (Å²) in [5, 5.41) is 17.3. The van der Waals surface area contributed by atoms with Crippen LogP contribution in [-0.2, 0) is 6.54 Å². The first-order valence-corrected chi connectivity index (χ1v) is 7.51. The van der Waals surface area contributed by atoms with Crippen LogP contribution < -0.4 is 5.32 Å². The highest BCUT2D eigenvalue weighted by Crippen LogP contribution is 2.31. The topological polar surface area (TPSA) is 68.1 Å². The van der Waals surface area contributed by atoms with Gasteiger partial charge in [0, 0.05) is 29.6 Å². The predicted octanol–water partition coefficient (Wildman–Crippen LogP) is 3.62. The Bertz CT molecular complexity index is 655. The molecular weight excluding hydrogens is 298 g/mol. The normalized spacial score (nSPS) is 14.4. The van der Waals surface area contributed by atoms with Crippen LogP contribution in [0.2, 0.25) is 5.02 Å². The summed E-state index contributed by atoms with van der Waals surface area (Å²) in [7, 11) is 0. The average Bonchev–Trinajstić information content (AvgIpc) is 3.14. The van der Waals surface area contributed by atoms with Gasteiger partial charge in [0.25, 0.3) is 5.69 Å². The fraction of sp³-hybridized carbons (Fsp3) is 0.308. The molecule has 1 fully saturated rings. The Morgan fingerprint density at radius 1 is 1.50 bits per heavy atom. The van der Waals surface area contributed by atoms with E-state index < -0.39 is 4.92 Å². The van der Waals surface area contributed by atoms with Crippen LogP contribution in [0.1, 0.15) is 17.8 Å². The number of aromatic nitrogens is 1. The molecule has 0 spiro atoms. The van der Waals surface area contributed by atoms with Crippen molar-refractivity contribution in [3.8, 4) is 11.3 Å². The van der Waals surface area contributed by atoms with E-state index in [0.29, 0.717) is 6.04 Å². The van der Waals surface area contributed by atoms with Gasteiger partial charge in [0.15, 0.2) is 0 Å². The van der Waals surface area contributed by atoms with E-state index in [1.165, 1.54) is 25.0 Å². The van der Waals surface area contributed by atoms with Crippen molar-refractivity contribution in [2.45, 2.75) is 25.4 Å². The molecule has 1 saturated carbocycles. The van der Waals surface area contributed by atoms with Crippen molar-refractivity contribution in [1.29, 1.82) is 0 Å². The van der Waals surface area contributed by atoms with Crippen molar-refractivity contribution in [1.82, 2.24) is 10.3 Å². The molecule has 104 valence electrons. The standard InChI is InChI=1S/C13H12ClN3O2S/c14-10-4-1-8(5-12(10)17(18)19)11-7-20-13(16-11)6-15-9-2-3-9/h1,4-5,7,9,15H,2-3,6H2. The smallest absolute Gasteiger partial charge is 0.288 e. The van der Waals surface area contributed by atoms with E-state index in [2.05, 4.69) is 10.3 Å². The third-order valence-electron chi connectivity index (χ3n) is 3.11. The molecule has 2 aromatic rings. The molecule has 0 bridgehead atoms. The van der Waals surface area contributed by atoms with Gasteiger partial charge >= 0.3 is 0 Å². The van der Waals surface area contributed by atoms with E-state index in [1.54, 1.807) is 17.4 Å². The lowest BCUT2D eigenvalue weighted by molar-refractivity contribution is -0.384. The maximum absolute atomic E-state index is 10.9. The van der Waals surface area contributed by atoms with Crippen LogP contribution in [0.3, 0.4) is 0 Å². The number of halogens is 1. The first-order valence-electron chi connectivity index (χ1n) is 6.25. The number of thiazole rings is 1. The van der Waals surface area contributed by atoms with Gasteiger partial charge in [0.2, 0.25) is 0 Å². The lowest BCUT2D eigenvalue weighted by atomic mass is 10.1. The Morgan fingerprint density at radius 3 is 3.00 bits per heavy atom. The second-order valence-corrected chi connectivity index (χ2v) is 6.05. The molecule has 1 N–H and O–H groups in total. The Morgan fingerprint density at radius 2 is 2.30 bits per heavy atom. The van der Waals surface area contributed by atoms with Crippen molar-refractivity contribution in [2.24, 2.45) is 0 Å². The van der Waals surface area contributed by atoms with E-state index in [-0.39, 0.29) is 10.7 Å². The third-order valence-corrected chi connectivity index (χ3v) is 4.28. The molecule has 7 heteroatoms. The fourth-order valence-corrected chi connectivity index (χ4v) is 2.80. The number of nitro benzene ring substituents is 1. The number of benzene rings is 1. The van der Waals surface area contributed by atoms with Gasteiger partial charge < -0.3 is 5.32 Å². The Balaban J connectivity index is 1.81. The zero-order valence-electron chi connectivity index (χ0n) is 10.5. The first-order chi connectivity index (χ1) is 9.63. The Hall–Kier alpha value is -1.50. The van der Waals surface area contributed by atoms with Crippen molar-refractivity contribution in [2.75, 3.05) is 0 Å². The quantitative estimate of drug-likeness (QED) is 0.676. The van der Waals surface area contributed by atoms with Crippen molar-refractivity contribution >= 4 is 28.6 Å². The van der Waals surface area contributed by atoms with Gasteiger partial charge in [-0.05, 0) is 18.9 Å². The van der Waals surface area contributed by atoms with Gasteiger partial charge in [-0.2, -0.15) is 0 Å². The van der Waals surface area contributed by atoms with Gasteiger partial charge in [-0.15, -0.1) is 11.3 Å². The monoisotopic (exact) mass is 309 g/mol. The molecule has 0 atom stereocenters. The highest BCUT2D eigenvalue weighted by atomic mass is 35.5. The molecule has 1 heterocycles. The molecule has 5 nitrogen and oxygen atoms in total. The predicted molar refractivity (Wildman–Crippen MR) is 79.1 cm³/mol. The van der Waals surface area contributed by atoms with Gasteiger partial charge in [-0.25, -0.2) is 4.98 Å².